The van der Waals surface area contributed by atoms with E-state index in [1.807, 2.05) is 20.8 Å². The molecule has 84 valence electrons. The second-order valence-electron chi connectivity index (χ2n) is 5.46. The molecule has 0 aromatic carbocycles. The Bertz CT molecular complexity index is 185. The maximum Gasteiger partial charge on any atom is 0.346 e. The summed E-state index contributed by atoms with van der Waals surface area (Å²) in [6.45, 7) is 11.2. The predicted octanol–water partition coefficient (Wildman–Crippen LogP) is 2.63. The molecule has 0 fully saturated rings. The molecule has 0 aromatic heterocycles. The topological polar surface area (TPSA) is 44.8 Å². The fourth-order valence-electron chi connectivity index (χ4n) is 0.619. The van der Waals surface area contributed by atoms with Gasteiger partial charge in [0, 0.05) is 0 Å². The monoisotopic (exact) mass is 204 g/mol. The normalized spacial score (nSPS) is 12.7. The lowest BCUT2D eigenvalue weighted by Crippen LogP contribution is -2.22. The highest BCUT2D eigenvalue weighted by atomic mass is 17.5. The zero-order valence-electron chi connectivity index (χ0n) is 9.84. The van der Waals surface area contributed by atoms with Crippen LogP contribution in [0.2, 0.25) is 0 Å². The molecule has 0 saturated carbocycles. The molecule has 0 rings (SSSR count). The molecule has 4 heteroatoms. The van der Waals surface area contributed by atoms with Gasteiger partial charge in [-0.3, -0.25) is 4.89 Å². The maximum atomic E-state index is 11.1. The maximum absolute atomic E-state index is 11.1. The third kappa shape index (κ3) is 9.48. The lowest BCUT2D eigenvalue weighted by Gasteiger charge is -2.18. The molecule has 14 heavy (non-hydrogen) atoms. The Morgan fingerprint density at radius 1 is 1.07 bits per heavy atom. The van der Waals surface area contributed by atoms with Crippen LogP contribution in [0.3, 0.4) is 0 Å². The van der Waals surface area contributed by atoms with Crippen molar-refractivity contribution in [2.75, 3.05) is 0 Å². The van der Waals surface area contributed by atoms with E-state index in [4.69, 9.17) is 4.89 Å². The van der Waals surface area contributed by atoms with Crippen LogP contribution < -0.4 is 0 Å². The molecule has 4 nitrogen and oxygen atoms in total. The summed E-state index contributed by atoms with van der Waals surface area (Å²) in [5.74, 6) is -0.429. The third-order valence-electron chi connectivity index (χ3n) is 1.09. The summed E-state index contributed by atoms with van der Waals surface area (Å²) < 4.78 is 0. The molecule has 0 heterocycles. The van der Waals surface area contributed by atoms with Crippen molar-refractivity contribution in [1.29, 1.82) is 0 Å². The van der Waals surface area contributed by atoms with Crippen LogP contribution in [0.4, 0.5) is 0 Å². The van der Waals surface area contributed by atoms with Crippen molar-refractivity contribution in [2.24, 2.45) is 5.41 Å². The third-order valence-corrected chi connectivity index (χ3v) is 1.09. The Morgan fingerprint density at radius 2 is 1.57 bits per heavy atom. The van der Waals surface area contributed by atoms with E-state index >= 15 is 0 Å². The smallest absolute Gasteiger partial charge is 0.269 e. The molecule has 0 aromatic rings. The van der Waals surface area contributed by atoms with E-state index in [1.54, 1.807) is 20.8 Å². The van der Waals surface area contributed by atoms with E-state index < -0.39 is 11.6 Å². The average molecular weight is 204 g/mol. The molecule has 0 amide bonds. The van der Waals surface area contributed by atoms with Crippen LogP contribution in [0.25, 0.3) is 0 Å². The van der Waals surface area contributed by atoms with Crippen LogP contribution in [0.5, 0.6) is 0 Å². The van der Waals surface area contributed by atoms with Gasteiger partial charge in [-0.05, 0) is 31.2 Å². The minimum absolute atomic E-state index is 0.109. The predicted molar refractivity (Wildman–Crippen MR) is 52.1 cm³/mol. The van der Waals surface area contributed by atoms with Crippen LogP contribution in [0.1, 0.15) is 48.0 Å². The quantitative estimate of drug-likeness (QED) is 0.523. The largest absolute Gasteiger partial charge is 0.346 e. The van der Waals surface area contributed by atoms with Crippen LogP contribution in [-0.2, 0) is 19.6 Å². The van der Waals surface area contributed by atoms with Crippen LogP contribution >= 0.6 is 0 Å². The van der Waals surface area contributed by atoms with Crippen molar-refractivity contribution < 1.29 is 19.6 Å². The van der Waals surface area contributed by atoms with Gasteiger partial charge in [-0.15, -0.1) is 0 Å². The van der Waals surface area contributed by atoms with Gasteiger partial charge in [-0.25, -0.2) is 4.79 Å². The molecule has 0 aliphatic heterocycles. The van der Waals surface area contributed by atoms with E-state index in [2.05, 4.69) is 9.93 Å². The van der Waals surface area contributed by atoms with Gasteiger partial charge in [0.2, 0.25) is 0 Å². The molecule has 0 bridgehead atoms. The van der Waals surface area contributed by atoms with E-state index in [-0.39, 0.29) is 5.41 Å². The fraction of sp³-hybridized carbons (Fsp3) is 0.900. The Labute approximate surface area is 85.4 Å². The van der Waals surface area contributed by atoms with Crippen molar-refractivity contribution in [3.63, 3.8) is 0 Å². The highest BCUT2D eigenvalue weighted by Gasteiger charge is 2.19. The van der Waals surface area contributed by atoms with Gasteiger partial charge < -0.3 is 0 Å². The molecule has 0 aliphatic rings. The van der Waals surface area contributed by atoms with Gasteiger partial charge in [0.1, 0.15) is 0 Å². The first kappa shape index (κ1) is 13.4. The van der Waals surface area contributed by atoms with Gasteiger partial charge in [-0.1, -0.05) is 20.8 Å². The minimum atomic E-state index is -0.484. The lowest BCUT2D eigenvalue weighted by molar-refractivity contribution is -0.514. The van der Waals surface area contributed by atoms with Crippen LogP contribution in [-0.4, -0.2) is 11.6 Å². The molecule has 0 unspecified atom stereocenters. The molecule has 0 aliphatic carbocycles. The van der Waals surface area contributed by atoms with E-state index in [0.717, 1.165) is 0 Å². The molecule has 0 spiro atoms. The Kier molecular flexibility index (Phi) is 4.55. The highest BCUT2D eigenvalue weighted by molar-refractivity contribution is 5.69. The van der Waals surface area contributed by atoms with Crippen molar-refractivity contribution in [1.82, 2.24) is 0 Å². The van der Waals surface area contributed by atoms with Crippen molar-refractivity contribution in [3.05, 3.63) is 0 Å². The summed E-state index contributed by atoms with van der Waals surface area (Å²) in [5, 5.41) is 4.36. The summed E-state index contributed by atoms with van der Waals surface area (Å²) in [6.07, 6.45) is 0.292. The Balaban J connectivity index is 3.66. The highest BCUT2D eigenvalue weighted by Crippen LogP contribution is 2.19. The van der Waals surface area contributed by atoms with Crippen molar-refractivity contribution in [2.45, 2.75) is 53.6 Å². The summed E-state index contributed by atoms with van der Waals surface area (Å²) in [7, 11) is 0. The van der Waals surface area contributed by atoms with E-state index in [0.29, 0.717) is 6.42 Å². The summed E-state index contributed by atoms with van der Waals surface area (Å²) in [6, 6.07) is 0. The standard InChI is InChI=1S/C10H20O4/c1-9(2,3)7-8(11)12-14-13-10(4,5)6/h7H2,1-6H3. The summed E-state index contributed by atoms with van der Waals surface area (Å²) in [4.78, 5) is 20.3. The van der Waals surface area contributed by atoms with Gasteiger partial charge in [0.05, 0.1) is 12.0 Å². The second kappa shape index (κ2) is 4.75. The molecule has 0 N–H and O–H groups in total. The van der Waals surface area contributed by atoms with E-state index in [1.165, 1.54) is 0 Å². The zero-order chi connectivity index (χ0) is 11.4. The zero-order valence-corrected chi connectivity index (χ0v) is 9.84. The van der Waals surface area contributed by atoms with Gasteiger partial charge in [0.25, 0.3) is 0 Å². The van der Waals surface area contributed by atoms with Crippen LogP contribution in [0.15, 0.2) is 0 Å². The second-order valence-corrected chi connectivity index (χ2v) is 5.46. The molecular weight excluding hydrogens is 184 g/mol. The summed E-state index contributed by atoms with van der Waals surface area (Å²) >= 11 is 0. The van der Waals surface area contributed by atoms with Crippen molar-refractivity contribution in [3.8, 4) is 0 Å². The molecule has 0 radical (unpaired) electrons. The molecule has 0 atom stereocenters. The SMILES string of the molecule is CC(C)(C)CC(=O)OOOC(C)(C)C. The first-order chi connectivity index (χ1) is 6.10. The number of hydrogen-bond donors (Lipinski definition) is 0. The van der Waals surface area contributed by atoms with Crippen LogP contribution in [0, 0.1) is 5.41 Å². The Morgan fingerprint density at radius 3 is 1.93 bits per heavy atom. The minimum Gasteiger partial charge on any atom is -0.269 e. The van der Waals surface area contributed by atoms with Gasteiger partial charge in [0.15, 0.2) is 0 Å². The van der Waals surface area contributed by atoms with E-state index in [9.17, 15) is 4.79 Å². The van der Waals surface area contributed by atoms with Crippen molar-refractivity contribution >= 4 is 5.97 Å². The van der Waals surface area contributed by atoms with Gasteiger partial charge >= 0.3 is 5.97 Å². The first-order valence-corrected chi connectivity index (χ1v) is 4.65. The fourth-order valence-corrected chi connectivity index (χ4v) is 0.619. The lowest BCUT2D eigenvalue weighted by atomic mass is 9.93. The number of carbonyl (C=O) groups is 1. The van der Waals surface area contributed by atoms with Gasteiger partial charge in [-0.2, -0.15) is 4.89 Å². The molecular formula is C10H20O4. The number of rotatable bonds is 3. The average Bonchev–Trinajstić information content (AvgIpc) is 1.78. The number of carbonyl (C=O) groups excluding carboxylic acids is 1. The number of hydrogen-bond acceptors (Lipinski definition) is 4. The summed E-state index contributed by atoms with van der Waals surface area (Å²) in [5.41, 5.74) is -0.593. The molecule has 0 saturated heterocycles. The Hall–Kier alpha value is -0.610. The first-order valence-electron chi connectivity index (χ1n) is 4.65.